The van der Waals surface area contributed by atoms with E-state index in [1.165, 1.54) is 4.68 Å². The highest BCUT2D eigenvalue weighted by Gasteiger charge is 2.32. The van der Waals surface area contributed by atoms with Crippen molar-refractivity contribution in [3.63, 3.8) is 0 Å². The van der Waals surface area contributed by atoms with E-state index in [0.29, 0.717) is 25.3 Å². The molecular formula is C20H28N6O4. The van der Waals surface area contributed by atoms with Gasteiger partial charge in [0.25, 0.3) is 11.9 Å². The molecule has 1 aromatic heterocycles. The lowest BCUT2D eigenvalue weighted by molar-refractivity contribution is -0.136. The second kappa shape index (κ2) is 9.75. The topological polar surface area (TPSA) is 127 Å². The maximum atomic E-state index is 12.4. The van der Waals surface area contributed by atoms with Gasteiger partial charge in [0, 0.05) is 24.9 Å². The maximum absolute atomic E-state index is 12.4. The van der Waals surface area contributed by atoms with Crippen molar-refractivity contribution in [2.75, 3.05) is 18.5 Å². The summed E-state index contributed by atoms with van der Waals surface area (Å²) < 4.78 is 6.69. The Kier molecular flexibility index (Phi) is 7.09. The first-order chi connectivity index (χ1) is 14.3. The van der Waals surface area contributed by atoms with Crippen molar-refractivity contribution in [1.82, 2.24) is 15.1 Å². The summed E-state index contributed by atoms with van der Waals surface area (Å²) in [5.74, 6) is -1.72. The Morgan fingerprint density at radius 1 is 1.27 bits per heavy atom. The molecule has 0 spiro atoms. The number of aromatic nitrogens is 2. The SMILES string of the molecule is Cc1cc(NC(=O)C(=O)NCCCOC(C)C)n(C2=NC(=O)C3CCCCC3=N2)n1. The normalized spacial score (nSPS) is 18.5. The third kappa shape index (κ3) is 5.38. The summed E-state index contributed by atoms with van der Waals surface area (Å²) >= 11 is 0. The molecule has 1 aliphatic carbocycles. The number of nitrogens with zero attached hydrogens (tertiary/aromatic N) is 4. The molecular weight excluding hydrogens is 388 g/mol. The van der Waals surface area contributed by atoms with Gasteiger partial charge in [-0.3, -0.25) is 14.4 Å². The summed E-state index contributed by atoms with van der Waals surface area (Å²) in [6.07, 6.45) is 4.21. The lowest BCUT2D eigenvalue weighted by atomic mass is 9.86. The van der Waals surface area contributed by atoms with Crippen LogP contribution < -0.4 is 10.6 Å². The number of amides is 3. The molecule has 2 heterocycles. The van der Waals surface area contributed by atoms with Gasteiger partial charge in [0.05, 0.1) is 17.7 Å². The van der Waals surface area contributed by atoms with Gasteiger partial charge in [-0.15, -0.1) is 0 Å². The summed E-state index contributed by atoms with van der Waals surface area (Å²) in [5, 5.41) is 9.37. The summed E-state index contributed by atoms with van der Waals surface area (Å²) in [4.78, 5) is 45.3. The van der Waals surface area contributed by atoms with Crippen molar-refractivity contribution in [2.45, 2.75) is 59.0 Å². The zero-order chi connectivity index (χ0) is 21.7. The van der Waals surface area contributed by atoms with Crippen molar-refractivity contribution in [2.24, 2.45) is 15.9 Å². The predicted molar refractivity (Wildman–Crippen MR) is 112 cm³/mol. The first kappa shape index (κ1) is 21.8. The van der Waals surface area contributed by atoms with Crippen LogP contribution in [0.25, 0.3) is 0 Å². The van der Waals surface area contributed by atoms with Crippen LogP contribution in [-0.4, -0.2) is 58.4 Å². The Bertz CT molecular complexity index is 886. The molecule has 0 radical (unpaired) electrons. The molecule has 162 valence electrons. The van der Waals surface area contributed by atoms with Gasteiger partial charge in [-0.25, -0.2) is 4.99 Å². The molecule has 0 aromatic carbocycles. The van der Waals surface area contributed by atoms with Gasteiger partial charge in [-0.1, -0.05) is 6.42 Å². The molecule has 2 aliphatic rings. The third-order valence-electron chi connectivity index (χ3n) is 4.86. The maximum Gasteiger partial charge on any atom is 0.314 e. The number of carbonyl (C=O) groups is 3. The number of fused-ring (bicyclic) bond motifs is 1. The fraction of sp³-hybridized carbons (Fsp3) is 0.600. The minimum atomic E-state index is -0.827. The number of anilines is 1. The third-order valence-corrected chi connectivity index (χ3v) is 4.86. The van der Waals surface area contributed by atoms with Crippen molar-refractivity contribution >= 4 is 35.2 Å². The van der Waals surface area contributed by atoms with Gasteiger partial charge < -0.3 is 15.4 Å². The van der Waals surface area contributed by atoms with E-state index in [2.05, 4.69) is 25.7 Å². The molecule has 2 N–H and O–H groups in total. The molecule has 1 fully saturated rings. The number of nitrogens with one attached hydrogen (secondary N) is 2. The van der Waals surface area contributed by atoms with E-state index in [0.717, 1.165) is 31.4 Å². The van der Waals surface area contributed by atoms with E-state index < -0.39 is 11.8 Å². The minimum absolute atomic E-state index is 0.114. The molecule has 0 bridgehead atoms. The Hall–Kier alpha value is -2.88. The van der Waals surface area contributed by atoms with Crippen LogP contribution in [0.2, 0.25) is 0 Å². The van der Waals surface area contributed by atoms with Crippen LogP contribution in [0.3, 0.4) is 0 Å². The number of ether oxygens (including phenoxy) is 1. The van der Waals surface area contributed by atoms with Crippen LogP contribution in [0, 0.1) is 12.8 Å². The summed E-state index contributed by atoms with van der Waals surface area (Å²) in [5.41, 5.74) is 1.40. The zero-order valence-electron chi connectivity index (χ0n) is 17.6. The molecule has 1 unspecified atom stereocenters. The van der Waals surface area contributed by atoms with Gasteiger partial charge in [-0.2, -0.15) is 14.8 Å². The van der Waals surface area contributed by atoms with Crippen molar-refractivity contribution < 1.29 is 19.1 Å². The van der Waals surface area contributed by atoms with Crippen LogP contribution in [0.4, 0.5) is 5.82 Å². The van der Waals surface area contributed by atoms with E-state index in [9.17, 15) is 14.4 Å². The highest BCUT2D eigenvalue weighted by Crippen LogP contribution is 2.26. The lowest BCUT2D eigenvalue weighted by Crippen LogP contribution is -2.37. The molecule has 10 heteroatoms. The molecule has 3 rings (SSSR count). The standard InChI is InChI=1S/C20H28N6O4/c1-12(2)30-10-6-9-21-18(28)19(29)23-16-11-13(3)25-26(16)20-22-15-8-5-4-7-14(15)17(27)24-20/h11-12,14H,4-10H2,1-3H3,(H,21,28)(H,23,29). The van der Waals surface area contributed by atoms with E-state index in [4.69, 9.17) is 4.74 Å². The zero-order valence-corrected chi connectivity index (χ0v) is 17.6. The van der Waals surface area contributed by atoms with Gasteiger partial charge in [0.2, 0.25) is 0 Å². The number of aryl methyl sites for hydroxylation is 1. The van der Waals surface area contributed by atoms with E-state index in [-0.39, 0.29) is 29.7 Å². The molecule has 1 atom stereocenters. The van der Waals surface area contributed by atoms with Crippen LogP contribution >= 0.6 is 0 Å². The van der Waals surface area contributed by atoms with Gasteiger partial charge in [0.1, 0.15) is 5.82 Å². The number of rotatable bonds is 6. The van der Waals surface area contributed by atoms with E-state index in [1.54, 1.807) is 13.0 Å². The average Bonchev–Trinajstić information content (AvgIpc) is 3.07. The summed E-state index contributed by atoms with van der Waals surface area (Å²) in [7, 11) is 0. The van der Waals surface area contributed by atoms with Crippen LogP contribution in [0.5, 0.6) is 0 Å². The Labute approximate surface area is 175 Å². The van der Waals surface area contributed by atoms with Crippen LogP contribution in [0.1, 0.15) is 51.6 Å². The second-order valence-electron chi connectivity index (χ2n) is 7.72. The Morgan fingerprint density at radius 2 is 2.07 bits per heavy atom. The second-order valence-corrected chi connectivity index (χ2v) is 7.72. The number of hydrogen-bond donors (Lipinski definition) is 2. The first-order valence-corrected chi connectivity index (χ1v) is 10.3. The number of hydrogen-bond acceptors (Lipinski definition) is 6. The molecule has 1 aromatic rings. The predicted octanol–water partition coefficient (Wildman–Crippen LogP) is 1.44. The smallest absolute Gasteiger partial charge is 0.314 e. The fourth-order valence-electron chi connectivity index (χ4n) is 3.41. The van der Waals surface area contributed by atoms with Gasteiger partial charge in [0.15, 0.2) is 0 Å². The summed E-state index contributed by atoms with van der Waals surface area (Å²) in [6.45, 7) is 6.43. The Morgan fingerprint density at radius 3 is 2.83 bits per heavy atom. The minimum Gasteiger partial charge on any atom is -0.379 e. The van der Waals surface area contributed by atoms with Crippen LogP contribution in [0.15, 0.2) is 16.1 Å². The molecule has 0 saturated heterocycles. The van der Waals surface area contributed by atoms with Crippen LogP contribution in [-0.2, 0) is 19.1 Å². The fourth-order valence-corrected chi connectivity index (χ4v) is 3.41. The summed E-state index contributed by atoms with van der Waals surface area (Å²) in [6, 6.07) is 1.60. The largest absolute Gasteiger partial charge is 0.379 e. The first-order valence-electron chi connectivity index (χ1n) is 10.3. The molecule has 30 heavy (non-hydrogen) atoms. The highest BCUT2D eigenvalue weighted by molar-refractivity contribution is 6.39. The van der Waals surface area contributed by atoms with Gasteiger partial charge in [-0.05, 0) is 46.5 Å². The monoisotopic (exact) mass is 416 g/mol. The Balaban J connectivity index is 1.64. The highest BCUT2D eigenvalue weighted by atomic mass is 16.5. The van der Waals surface area contributed by atoms with Gasteiger partial charge >= 0.3 is 11.8 Å². The molecule has 1 aliphatic heterocycles. The van der Waals surface area contributed by atoms with Crippen molar-refractivity contribution in [3.05, 3.63) is 11.8 Å². The van der Waals surface area contributed by atoms with E-state index >= 15 is 0 Å². The van der Waals surface area contributed by atoms with Crippen molar-refractivity contribution in [1.29, 1.82) is 0 Å². The number of aliphatic imine (C=N–C) groups is 2. The van der Waals surface area contributed by atoms with E-state index in [1.807, 2.05) is 13.8 Å². The molecule has 3 amide bonds. The quantitative estimate of drug-likeness (QED) is 0.536. The molecule has 10 nitrogen and oxygen atoms in total. The molecule has 1 saturated carbocycles. The average molecular weight is 416 g/mol. The van der Waals surface area contributed by atoms with Crippen molar-refractivity contribution in [3.8, 4) is 0 Å². The number of carbonyl (C=O) groups excluding carboxylic acids is 3. The lowest BCUT2D eigenvalue weighted by Gasteiger charge is -2.24.